The quantitative estimate of drug-likeness (QED) is 0.271. The maximum absolute atomic E-state index is 10.2. The van der Waals surface area contributed by atoms with E-state index in [-0.39, 0.29) is 5.54 Å². The van der Waals surface area contributed by atoms with Crippen molar-refractivity contribution < 1.29 is 14.6 Å². The largest absolute Gasteiger partial charge is 0.493 e. The fourth-order valence-electron chi connectivity index (χ4n) is 3.60. The van der Waals surface area contributed by atoms with Crippen molar-refractivity contribution in [1.82, 2.24) is 10.3 Å². The first kappa shape index (κ1) is 25.1. The first-order chi connectivity index (χ1) is 16.3. The van der Waals surface area contributed by atoms with Crippen LogP contribution in [0.2, 0.25) is 0 Å². The van der Waals surface area contributed by atoms with Crippen molar-refractivity contribution in [2.24, 2.45) is 0 Å². The number of fused-ring (bicyclic) bond motifs is 1. The third-order valence-electron chi connectivity index (χ3n) is 5.29. The Hall–Kier alpha value is -3.57. The molecule has 0 saturated carbocycles. The van der Waals surface area contributed by atoms with Gasteiger partial charge in [-0.05, 0) is 75.2 Å². The van der Waals surface area contributed by atoms with Crippen LogP contribution in [0.25, 0.3) is 10.9 Å². The van der Waals surface area contributed by atoms with Crippen LogP contribution in [0.1, 0.15) is 48.7 Å². The van der Waals surface area contributed by atoms with Crippen LogP contribution in [0, 0.1) is 0 Å². The summed E-state index contributed by atoms with van der Waals surface area (Å²) in [7, 11) is 0. The van der Waals surface area contributed by atoms with E-state index in [0.29, 0.717) is 5.56 Å². The molecule has 0 bridgehead atoms. The van der Waals surface area contributed by atoms with Crippen LogP contribution in [0.4, 0.5) is 0 Å². The highest BCUT2D eigenvalue weighted by Gasteiger charge is 2.09. The van der Waals surface area contributed by atoms with Crippen molar-refractivity contribution in [2.75, 3.05) is 13.2 Å². The molecular formula is C29H34N2O3. The maximum Gasteiger partial charge on any atom is 0.335 e. The lowest BCUT2D eigenvalue weighted by Gasteiger charge is -2.20. The van der Waals surface area contributed by atoms with E-state index >= 15 is 0 Å². The minimum atomic E-state index is -0.879. The van der Waals surface area contributed by atoms with Gasteiger partial charge in [-0.2, -0.15) is 0 Å². The van der Waals surface area contributed by atoms with Gasteiger partial charge in [0, 0.05) is 29.1 Å². The molecule has 0 saturated heterocycles. The average Bonchev–Trinajstić information content (AvgIpc) is 3.30. The van der Waals surface area contributed by atoms with Gasteiger partial charge in [0.25, 0.3) is 0 Å². The van der Waals surface area contributed by atoms with Crippen LogP contribution in [-0.4, -0.2) is 34.8 Å². The molecule has 3 N–H and O–H groups in total. The normalized spacial score (nSPS) is 11.0. The number of hydrogen-bond donors (Lipinski definition) is 3. The first-order valence-electron chi connectivity index (χ1n) is 11.6. The Kier molecular flexibility index (Phi) is 8.88. The monoisotopic (exact) mass is 458 g/mol. The first-order valence-corrected chi connectivity index (χ1v) is 11.6. The molecule has 4 rings (SSSR count). The Labute approximate surface area is 201 Å². The Balaban J connectivity index is 0.000000302. The van der Waals surface area contributed by atoms with Gasteiger partial charge < -0.3 is 20.1 Å². The van der Waals surface area contributed by atoms with Gasteiger partial charge in [0.15, 0.2) is 0 Å². The maximum atomic E-state index is 10.2. The van der Waals surface area contributed by atoms with Crippen LogP contribution < -0.4 is 10.1 Å². The summed E-state index contributed by atoms with van der Waals surface area (Å²) in [6.07, 6.45) is 3.88. The Morgan fingerprint density at radius 1 is 0.912 bits per heavy atom. The van der Waals surface area contributed by atoms with E-state index < -0.39 is 5.97 Å². The van der Waals surface area contributed by atoms with E-state index in [1.165, 1.54) is 22.0 Å². The third-order valence-corrected chi connectivity index (χ3v) is 5.29. The van der Waals surface area contributed by atoms with Crippen LogP contribution in [0.5, 0.6) is 5.75 Å². The van der Waals surface area contributed by atoms with Crippen LogP contribution >= 0.6 is 0 Å². The molecule has 4 aromatic rings. The van der Waals surface area contributed by atoms with Crippen LogP contribution in [0.15, 0.2) is 85.1 Å². The second-order valence-electron chi connectivity index (χ2n) is 9.19. The number of para-hydroxylation sites is 1. The van der Waals surface area contributed by atoms with E-state index in [9.17, 15) is 4.79 Å². The summed E-state index contributed by atoms with van der Waals surface area (Å²) >= 11 is 0. The lowest BCUT2D eigenvalue weighted by atomic mass is 10.0. The molecule has 0 aliphatic rings. The van der Waals surface area contributed by atoms with Gasteiger partial charge in [0.2, 0.25) is 0 Å². The van der Waals surface area contributed by atoms with Gasteiger partial charge in [0.05, 0.1) is 12.2 Å². The van der Waals surface area contributed by atoms with Crippen molar-refractivity contribution in [3.05, 3.63) is 102 Å². The summed E-state index contributed by atoms with van der Waals surface area (Å²) in [4.78, 5) is 13.5. The molecule has 0 aliphatic carbocycles. The summed E-state index contributed by atoms with van der Waals surface area (Å²) in [5, 5.41) is 13.2. The van der Waals surface area contributed by atoms with E-state index in [1.54, 1.807) is 30.3 Å². The second kappa shape index (κ2) is 12.1. The zero-order valence-corrected chi connectivity index (χ0v) is 20.2. The molecule has 0 radical (unpaired) electrons. The number of H-pyrrole nitrogens is 1. The Morgan fingerprint density at radius 2 is 1.62 bits per heavy atom. The van der Waals surface area contributed by atoms with E-state index in [1.807, 2.05) is 12.3 Å². The molecular weight excluding hydrogens is 424 g/mol. The Morgan fingerprint density at radius 3 is 2.32 bits per heavy atom. The molecule has 1 heterocycles. The summed E-state index contributed by atoms with van der Waals surface area (Å²) in [5.41, 5.74) is 4.23. The molecule has 0 spiro atoms. The van der Waals surface area contributed by atoms with Gasteiger partial charge in [-0.3, -0.25) is 0 Å². The van der Waals surface area contributed by atoms with E-state index in [0.717, 1.165) is 31.7 Å². The van der Waals surface area contributed by atoms with Gasteiger partial charge in [-0.15, -0.1) is 0 Å². The van der Waals surface area contributed by atoms with Crippen molar-refractivity contribution in [2.45, 2.75) is 39.2 Å². The molecule has 5 heteroatoms. The summed E-state index contributed by atoms with van der Waals surface area (Å²) in [6.45, 7) is 8.25. The molecule has 34 heavy (non-hydrogen) atoms. The molecule has 5 nitrogen and oxygen atoms in total. The number of nitrogens with one attached hydrogen (secondary N) is 2. The predicted octanol–water partition coefficient (Wildman–Crippen LogP) is 6.30. The number of ether oxygens (including phenoxy) is 1. The van der Waals surface area contributed by atoms with Crippen LogP contribution in [0.3, 0.4) is 0 Å². The SMILES string of the molecule is CC(C)(C)NCCCOc1ccccc1Cc1cccc2[nH]ccc12.O=C(O)c1ccccc1. The lowest BCUT2D eigenvalue weighted by Crippen LogP contribution is -2.36. The van der Waals surface area contributed by atoms with E-state index in [4.69, 9.17) is 9.84 Å². The second-order valence-corrected chi connectivity index (χ2v) is 9.19. The van der Waals surface area contributed by atoms with Gasteiger partial charge in [-0.25, -0.2) is 4.79 Å². The minimum Gasteiger partial charge on any atom is -0.493 e. The zero-order valence-electron chi connectivity index (χ0n) is 20.2. The highest BCUT2D eigenvalue weighted by atomic mass is 16.5. The number of benzene rings is 3. The van der Waals surface area contributed by atoms with Crippen molar-refractivity contribution >= 4 is 16.9 Å². The number of hydrogen-bond acceptors (Lipinski definition) is 3. The molecule has 0 aliphatic heterocycles. The molecule has 0 atom stereocenters. The fraction of sp³-hybridized carbons (Fsp3) is 0.276. The van der Waals surface area contributed by atoms with Crippen molar-refractivity contribution in [1.29, 1.82) is 0 Å². The van der Waals surface area contributed by atoms with E-state index in [2.05, 4.69) is 73.5 Å². The summed E-state index contributed by atoms with van der Waals surface area (Å²) in [5.74, 6) is 0.112. The molecule has 3 aromatic carbocycles. The van der Waals surface area contributed by atoms with Crippen LogP contribution in [-0.2, 0) is 6.42 Å². The number of carboxylic acid groups (broad SMARTS) is 1. The average molecular weight is 459 g/mol. The lowest BCUT2D eigenvalue weighted by molar-refractivity contribution is 0.0697. The number of aromatic carboxylic acids is 1. The topological polar surface area (TPSA) is 74.3 Å². The molecule has 0 unspecified atom stereocenters. The fourth-order valence-corrected chi connectivity index (χ4v) is 3.60. The van der Waals surface area contributed by atoms with Crippen molar-refractivity contribution in [3.8, 4) is 5.75 Å². The van der Waals surface area contributed by atoms with Gasteiger partial charge >= 0.3 is 5.97 Å². The molecule has 0 fully saturated rings. The highest BCUT2D eigenvalue weighted by molar-refractivity contribution is 5.87. The number of carboxylic acids is 1. The predicted molar refractivity (Wildman–Crippen MR) is 139 cm³/mol. The number of aromatic nitrogens is 1. The molecule has 178 valence electrons. The minimum absolute atomic E-state index is 0.160. The van der Waals surface area contributed by atoms with Crippen molar-refractivity contribution in [3.63, 3.8) is 0 Å². The highest BCUT2D eigenvalue weighted by Crippen LogP contribution is 2.25. The standard InChI is InChI=1S/C22H28N2O.C7H6O2/c1-22(2,3)24-13-7-15-25-21-11-5-4-8-18(21)16-17-9-6-10-20-19(17)12-14-23-20;8-7(9)6-4-2-1-3-5-6/h4-6,8-12,14,23-24H,7,13,15-16H2,1-3H3;1-5H,(H,8,9). The van der Waals surface area contributed by atoms with Gasteiger partial charge in [-0.1, -0.05) is 48.5 Å². The summed E-state index contributed by atoms with van der Waals surface area (Å²) < 4.78 is 6.07. The number of aromatic amines is 1. The number of rotatable bonds is 8. The third kappa shape index (κ3) is 7.78. The Bertz CT molecular complexity index is 1180. The van der Waals surface area contributed by atoms with Gasteiger partial charge in [0.1, 0.15) is 5.75 Å². The zero-order chi connectivity index (χ0) is 24.4. The smallest absolute Gasteiger partial charge is 0.335 e. The molecule has 0 amide bonds. The molecule has 1 aromatic heterocycles. The summed E-state index contributed by atoms with van der Waals surface area (Å²) in [6, 6.07) is 25.2. The number of carbonyl (C=O) groups is 1.